The van der Waals surface area contributed by atoms with Gasteiger partial charge in [-0.3, -0.25) is 4.98 Å². The molecule has 2 aromatic carbocycles. The van der Waals surface area contributed by atoms with Crippen molar-refractivity contribution in [3.8, 4) is 5.69 Å². The van der Waals surface area contributed by atoms with Crippen LogP contribution >= 0.6 is 23.8 Å². The first-order valence-corrected chi connectivity index (χ1v) is 10.5. The predicted octanol–water partition coefficient (Wildman–Crippen LogP) is 5.70. The highest BCUT2D eigenvalue weighted by atomic mass is 35.5. The molecule has 0 spiro atoms. The Morgan fingerprint density at radius 1 is 0.867 bits per heavy atom. The number of hydrogen-bond donors (Lipinski definition) is 1. The molecular formula is C24H19ClN4S. The first-order chi connectivity index (χ1) is 14.7. The predicted molar refractivity (Wildman–Crippen MR) is 125 cm³/mol. The van der Waals surface area contributed by atoms with Crippen LogP contribution in [-0.2, 0) is 0 Å². The second-order valence-corrected chi connectivity index (χ2v) is 7.98. The van der Waals surface area contributed by atoms with Gasteiger partial charge in [0.05, 0.1) is 17.8 Å². The van der Waals surface area contributed by atoms with Crippen molar-refractivity contribution in [1.29, 1.82) is 0 Å². The molecule has 0 bridgehead atoms. The van der Waals surface area contributed by atoms with Crippen molar-refractivity contribution in [2.45, 2.75) is 12.1 Å². The fraction of sp³-hybridized carbons (Fsp3) is 0.0833. The summed E-state index contributed by atoms with van der Waals surface area (Å²) in [5, 5.41) is 4.85. The van der Waals surface area contributed by atoms with Crippen LogP contribution in [0.4, 0.5) is 5.69 Å². The lowest BCUT2D eigenvalue weighted by molar-refractivity contribution is 0.568. The first kappa shape index (κ1) is 18.9. The number of rotatable bonds is 4. The highest BCUT2D eigenvalue weighted by molar-refractivity contribution is 7.80. The topological polar surface area (TPSA) is 33.1 Å². The van der Waals surface area contributed by atoms with Gasteiger partial charge in [0.2, 0.25) is 0 Å². The molecule has 0 radical (unpaired) electrons. The Morgan fingerprint density at radius 3 is 2.37 bits per heavy atom. The number of nitrogens with zero attached hydrogens (tertiary/aromatic N) is 3. The minimum Gasteiger partial charge on any atom is -0.351 e. The number of benzene rings is 2. The van der Waals surface area contributed by atoms with Crippen molar-refractivity contribution < 1.29 is 0 Å². The van der Waals surface area contributed by atoms with E-state index < -0.39 is 0 Å². The largest absolute Gasteiger partial charge is 0.351 e. The van der Waals surface area contributed by atoms with Crippen molar-refractivity contribution in [2.24, 2.45) is 0 Å². The molecular weight excluding hydrogens is 412 g/mol. The zero-order valence-electron chi connectivity index (χ0n) is 16.0. The Kier molecular flexibility index (Phi) is 4.99. The zero-order valence-corrected chi connectivity index (χ0v) is 17.6. The number of hydrogen-bond acceptors (Lipinski definition) is 2. The lowest BCUT2D eigenvalue weighted by Crippen LogP contribution is -2.29. The molecule has 4 nitrogen and oxygen atoms in total. The second kappa shape index (κ2) is 7.94. The van der Waals surface area contributed by atoms with Gasteiger partial charge in [0.25, 0.3) is 0 Å². The summed E-state index contributed by atoms with van der Waals surface area (Å²) in [6.45, 7) is 0. The molecule has 3 heterocycles. The average molecular weight is 431 g/mol. The van der Waals surface area contributed by atoms with Crippen molar-refractivity contribution >= 4 is 34.6 Å². The van der Waals surface area contributed by atoms with Crippen molar-refractivity contribution in [2.75, 3.05) is 4.90 Å². The van der Waals surface area contributed by atoms with E-state index in [1.165, 1.54) is 0 Å². The van der Waals surface area contributed by atoms with Crippen LogP contribution in [0.25, 0.3) is 5.69 Å². The summed E-state index contributed by atoms with van der Waals surface area (Å²) in [6.07, 6.45) is 6.06. The normalized spacial score (nSPS) is 18.4. The smallest absolute Gasteiger partial charge is 0.174 e. The van der Waals surface area contributed by atoms with Gasteiger partial charge in [0.1, 0.15) is 0 Å². The molecule has 30 heavy (non-hydrogen) atoms. The van der Waals surface area contributed by atoms with Crippen LogP contribution in [0.2, 0.25) is 5.02 Å². The molecule has 1 fully saturated rings. The molecule has 1 aliphatic heterocycles. The number of para-hydroxylation sites is 1. The Bertz CT molecular complexity index is 1160. The lowest BCUT2D eigenvalue weighted by atomic mass is 9.98. The number of aromatic nitrogens is 2. The van der Waals surface area contributed by atoms with Crippen LogP contribution in [-0.4, -0.2) is 14.7 Å². The summed E-state index contributed by atoms with van der Waals surface area (Å²) in [5.74, 6) is 0. The van der Waals surface area contributed by atoms with E-state index in [-0.39, 0.29) is 12.1 Å². The summed E-state index contributed by atoms with van der Waals surface area (Å²) in [6, 6.07) is 26.1. The van der Waals surface area contributed by atoms with E-state index in [9.17, 15) is 0 Å². The van der Waals surface area contributed by atoms with Gasteiger partial charge >= 0.3 is 0 Å². The standard InChI is InChI=1S/C24H19ClN4S/c25-18-9-11-20(12-10-18)29-23(22(27-24(29)30)21-8-4-5-14-26-21)17-13-15-28(16-17)19-6-2-1-3-7-19/h1-16,22-23H,(H,27,30). The SMILES string of the molecule is S=C1NC(c2ccccn2)C(c2ccn(-c3ccccc3)c2)N1c1ccc(Cl)cc1. The molecule has 2 aromatic heterocycles. The van der Waals surface area contributed by atoms with Crippen LogP contribution in [0.15, 0.2) is 97.5 Å². The van der Waals surface area contributed by atoms with Gasteiger partial charge in [-0.25, -0.2) is 0 Å². The van der Waals surface area contributed by atoms with Gasteiger partial charge in [-0.2, -0.15) is 0 Å². The van der Waals surface area contributed by atoms with E-state index in [4.69, 9.17) is 23.8 Å². The van der Waals surface area contributed by atoms with E-state index in [1.54, 1.807) is 0 Å². The second-order valence-electron chi connectivity index (χ2n) is 7.16. The Morgan fingerprint density at radius 2 is 1.63 bits per heavy atom. The number of anilines is 1. The monoisotopic (exact) mass is 430 g/mol. The fourth-order valence-electron chi connectivity index (χ4n) is 3.92. The van der Waals surface area contributed by atoms with Crippen LogP contribution in [0.3, 0.4) is 0 Å². The highest BCUT2D eigenvalue weighted by Crippen LogP contribution is 2.41. The summed E-state index contributed by atoms with van der Waals surface area (Å²) in [4.78, 5) is 6.75. The molecule has 1 aliphatic rings. The molecule has 0 saturated carbocycles. The highest BCUT2D eigenvalue weighted by Gasteiger charge is 2.41. The van der Waals surface area contributed by atoms with E-state index in [2.05, 4.69) is 50.4 Å². The summed E-state index contributed by atoms with van der Waals surface area (Å²) >= 11 is 11.9. The van der Waals surface area contributed by atoms with Gasteiger partial charge in [-0.05, 0) is 72.4 Å². The molecule has 4 aromatic rings. The number of thiocarbonyl (C=S) groups is 1. The maximum Gasteiger partial charge on any atom is 0.174 e. The number of nitrogens with one attached hydrogen (secondary N) is 1. The van der Waals surface area contributed by atoms with E-state index in [0.717, 1.165) is 22.6 Å². The van der Waals surface area contributed by atoms with Crippen molar-refractivity contribution in [1.82, 2.24) is 14.9 Å². The third kappa shape index (κ3) is 3.47. The third-order valence-electron chi connectivity index (χ3n) is 5.31. The van der Waals surface area contributed by atoms with Gasteiger partial charge in [-0.15, -0.1) is 0 Å². The van der Waals surface area contributed by atoms with Crippen molar-refractivity contribution in [3.05, 3.63) is 114 Å². The average Bonchev–Trinajstić information content (AvgIpc) is 3.40. The minimum atomic E-state index is -0.0685. The molecule has 1 saturated heterocycles. The molecule has 2 atom stereocenters. The summed E-state index contributed by atoms with van der Waals surface area (Å²) in [7, 11) is 0. The molecule has 0 aliphatic carbocycles. The van der Waals surface area contributed by atoms with E-state index in [0.29, 0.717) is 10.1 Å². The maximum atomic E-state index is 6.12. The molecule has 1 N–H and O–H groups in total. The molecule has 0 amide bonds. The van der Waals surface area contributed by atoms with E-state index in [1.807, 2.05) is 66.9 Å². The number of pyridine rings is 1. The third-order valence-corrected chi connectivity index (χ3v) is 5.88. The maximum absolute atomic E-state index is 6.12. The lowest BCUT2D eigenvalue weighted by Gasteiger charge is -2.27. The Labute approximate surface area is 185 Å². The molecule has 2 unspecified atom stereocenters. The number of halogens is 1. The first-order valence-electron chi connectivity index (χ1n) is 9.70. The van der Waals surface area contributed by atoms with Gasteiger partial charge in [0, 0.05) is 35.0 Å². The fourth-order valence-corrected chi connectivity index (χ4v) is 4.39. The van der Waals surface area contributed by atoms with Gasteiger partial charge in [-0.1, -0.05) is 35.9 Å². The quantitative estimate of drug-likeness (QED) is 0.421. The molecule has 148 valence electrons. The Balaban J connectivity index is 1.60. The van der Waals surface area contributed by atoms with Crippen LogP contribution < -0.4 is 10.2 Å². The zero-order chi connectivity index (χ0) is 20.5. The van der Waals surface area contributed by atoms with Gasteiger partial charge < -0.3 is 14.8 Å². The summed E-state index contributed by atoms with van der Waals surface area (Å²) < 4.78 is 2.13. The molecule has 6 heteroatoms. The van der Waals surface area contributed by atoms with Gasteiger partial charge in [0.15, 0.2) is 5.11 Å². The summed E-state index contributed by atoms with van der Waals surface area (Å²) in [5.41, 5.74) is 4.21. The van der Waals surface area contributed by atoms with Crippen LogP contribution in [0, 0.1) is 0 Å². The van der Waals surface area contributed by atoms with E-state index >= 15 is 0 Å². The van der Waals surface area contributed by atoms with Crippen LogP contribution in [0.1, 0.15) is 23.3 Å². The Hall–Kier alpha value is -3.15. The molecule has 5 rings (SSSR count). The minimum absolute atomic E-state index is 0.0430. The van der Waals surface area contributed by atoms with Crippen LogP contribution in [0.5, 0.6) is 0 Å². The van der Waals surface area contributed by atoms with Crippen molar-refractivity contribution in [3.63, 3.8) is 0 Å².